The third-order valence-electron chi connectivity index (χ3n) is 5.93. The second kappa shape index (κ2) is 9.80. The molecule has 15 heteroatoms. The number of hydrogen-bond donors (Lipinski definition) is 3. The number of halogens is 5. The lowest BCUT2D eigenvalue weighted by Crippen LogP contribution is -2.73. The summed E-state index contributed by atoms with van der Waals surface area (Å²) < 4.78 is 70.2. The van der Waals surface area contributed by atoms with Crippen LogP contribution in [0.25, 0.3) is 5.65 Å². The molecule has 0 saturated heterocycles. The lowest BCUT2D eigenvalue weighted by molar-refractivity contribution is -0.568. The highest BCUT2D eigenvalue weighted by Gasteiger charge is 2.48. The Balaban J connectivity index is 1.75. The lowest BCUT2D eigenvalue weighted by Gasteiger charge is -2.25. The standard InChI is InChI=1S/C22H17F5N8O2/c1-22(11(6-29)7-32-20(24)25)4-13(14-9-30-16-3-15(23)34-35(16)17(14)22)18(36)33-12-2-10(5-28)19(31-8-12)37-21(26)27/h2-3,6-9,13,20-21H,4,29H2,1H3,(H,33,36)/p+1/b11-6+,32-7+/t13-,22+/m0/s1. The monoisotopic (exact) mass is 521 g/mol. The SMILES string of the molecule is C[C@]1(C(=C/N)/C=[NH+]/C(F)F)C[C@H](C(=O)Nc2cnc(OC(F)F)c(C#N)c2)c2cnc3cc(F)nn3c21. The van der Waals surface area contributed by atoms with Gasteiger partial charge in [-0.3, -0.25) is 4.79 Å². The highest BCUT2D eigenvalue weighted by atomic mass is 19.3. The summed E-state index contributed by atoms with van der Waals surface area (Å²) in [7, 11) is 0. The largest absolute Gasteiger partial charge is 0.444 e. The van der Waals surface area contributed by atoms with Crippen molar-refractivity contribution in [3.05, 3.63) is 59.1 Å². The number of hydrogen-bond acceptors (Lipinski definition) is 7. The first kappa shape index (κ1) is 25.5. The predicted octanol–water partition coefficient (Wildman–Crippen LogP) is 1.34. The van der Waals surface area contributed by atoms with Gasteiger partial charge in [0.15, 0.2) is 11.9 Å². The van der Waals surface area contributed by atoms with Gasteiger partial charge < -0.3 is 15.8 Å². The number of anilines is 1. The lowest BCUT2D eigenvalue weighted by atomic mass is 9.79. The van der Waals surface area contributed by atoms with Crippen LogP contribution in [0.4, 0.5) is 27.6 Å². The van der Waals surface area contributed by atoms with E-state index in [0.717, 1.165) is 30.7 Å². The van der Waals surface area contributed by atoms with Gasteiger partial charge in [0.25, 0.3) is 0 Å². The van der Waals surface area contributed by atoms with Crippen LogP contribution < -0.4 is 20.8 Å². The first-order valence-corrected chi connectivity index (χ1v) is 10.6. The summed E-state index contributed by atoms with van der Waals surface area (Å²) in [5, 5.41) is 15.6. The van der Waals surface area contributed by atoms with E-state index >= 15 is 0 Å². The van der Waals surface area contributed by atoms with E-state index < -0.39 is 42.2 Å². The Hall–Kier alpha value is -4.61. The Morgan fingerprint density at radius 3 is 2.76 bits per heavy atom. The number of nitriles is 1. The van der Waals surface area contributed by atoms with E-state index in [2.05, 4.69) is 25.1 Å². The maximum atomic E-state index is 14.0. The zero-order valence-corrected chi connectivity index (χ0v) is 18.9. The number of carbonyl (C=O) groups is 1. The maximum absolute atomic E-state index is 14.0. The number of amides is 1. The topological polar surface area (TPSA) is 145 Å². The second-order valence-electron chi connectivity index (χ2n) is 8.18. The van der Waals surface area contributed by atoms with E-state index in [1.165, 1.54) is 10.7 Å². The average molecular weight is 521 g/mol. The summed E-state index contributed by atoms with van der Waals surface area (Å²) in [5.41, 5.74) is 5.16. The summed E-state index contributed by atoms with van der Waals surface area (Å²) >= 11 is 0. The van der Waals surface area contributed by atoms with Crippen LogP contribution in [-0.4, -0.2) is 44.9 Å². The smallest absolute Gasteiger partial charge is 0.415 e. The van der Waals surface area contributed by atoms with E-state index in [-0.39, 0.29) is 28.9 Å². The summed E-state index contributed by atoms with van der Waals surface area (Å²) in [6.07, 6.45) is 4.48. The van der Waals surface area contributed by atoms with Gasteiger partial charge in [-0.25, -0.2) is 14.5 Å². The molecule has 0 aliphatic heterocycles. The van der Waals surface area contributed by atoms with Crippen molar-refractivity contribution in [2.75, 3.05) is 5.32 Å². The van der Waals surface area contributed by atoms with Gasteiger partial charge in [0.2, 0.25) is 17.7 Å². The molecular formula is C22H18F5N8O2+. The Morgan fingerprint density at radius 1 is 1.35 bits per heavy atom. The molecule has 0 radical (unpaired) electrons. The highest BCUT2D eigenvalue weighted by Crippen LogP contribution is 2.49. The Labute approximate surface area is 205 Å². The molecule has 3 aromatic rings. The van der Waals surface area contributed by atoms with Crippen LogP contribution in [0.1, 0.15) is 36.1 Å². The number of nitrogens with one attached hydrogen (secondary N) is 2. The van der Waals surface area contributed by atoms with Crippen LogP contribution in [-0.2, 0) is 10.2 Å². The van der Waals surface area contributed by atoms with E-state index in [4.69, 9.17) is 5.73 Å². The minimum absolute atomic E-state index is 0.00793. The predicted molar refractivity (Wildman–Crippen MR) is 117 cm³/mol. The van der Waals surface area contributed by atoms with Crippen LogP contribution in [0.15, 0.2) is 36.3 Å². The number of alkyl halides is 4. The van der Waals surface area contributed by atoms with E-state index in [0.29, 0.717) is 11.3 Å². The second-order valence-corrected chi connectivity index (χ2v) is 8.18. The molecule has 3 heterocycles. The number of fused-ring (bicyclic) bond motifs is 3. The molecule has 0 unspecified atom stereocenters. The molecule has 3 aromatic heterocycles. The number of nitrogens with two attached hydrogens (primary N) is 1. The van der Waals surface area contributed by atoms with Gasteiger partial charge in [-0.2, -0.15) is 23.4 Å². The zero-order chi connectivity index (χ0) is 26.9. The van der Waals surface area contributed by atoms with Gasteiger partial charge in [0.05, 0.1) is 23.5 Å². The highest BCUT2D eigenvalue weighted by molar-refractivity contribution is 5.97. The molecular weight excluding hydrogens is 503 g/mol. The third-order valence-corrected chi connectivity index (χ3v) is 5.93. The van der Waals surface area contributed by atoms with Crippen LogP contribution in [0.2, 0.25) is 0 Å². The van der Waals surface area contributed by atoms with Crippen molar-refractivity contribution in [2.45, 2.75) is 37.8 Å². The molecule has 0 bridgehead atoms. The summed E-state index contributed by atoms with van der Waals surface area (Å²) in [6.45, 7) is -4.46. The summed E-state index contributed by atoms with van der Waals surface area (Å²) in [6, 6.07) is 3.83. The molecule has 0 aromatic carbocycles. The quantitative estimate of drug-likeness (QED) is 0.242. The van der Waals surface area contributed by atoms with Crippen LogP contribution in [0.5, 0.6) is 5.88 Å². The molecule has 1 aliphatic carbocycles. The molecule has 1 amide bonds. The van der Waals surface area contributed by atoms with Crippen molar-refractivity contribution in [1.29, 1.82) is 5.26 Å². The normalized spacial score (nSPS) is 19.5. The van der Waals surface area contributed by atoms with Crippen LogP contribution in [0, 0.1) is 17.3 Å². The van der Waals surface area contributed by atoms with Crippen LogP contribution >= 0.6 is 0 Å². The molecule has 4 rings (SSSR count). The number of pyridine rings is 1. The molecule has 0 fully saturated rings. The Bertz CT molecular complexity index is 1470. The fraction of sp³-hybridized carbons (Fsp3) is 0.273. The van der Waals surface area contributed by atoms with Crippen LogP contribution in [0.3, 0.4) is 0 Å². The fourth-order valence-corrected chi connectivity index (χ4v) is 4.38. The van der Waals surface area contributed by atoms with Gasteiger partial charge in [-0.15, -0.1) is 13.9 Å². The van der Waals surface area contributed by atoms with Gasteiger partial charge in [-0.1, -0.05) is 0 Å². The van der Waals surface area contributed by atoms with E-state index in [1.807, 2.05) is 4.99 Å². The van der Waals surface area contributed by atoms with Crippen molar-refractivity contribution in [2.24, 2.45) is 5.73 Å². The van der Waals surface area contributed by atoms with Crippen molar-refractivity contribution in [3.8, 4) is 11.9 Å². The van der Waals surface area contributed by atoms with Gasteiger partial charge in [0, 0.05) is 35.0 Å². The molecule has 37 heavy (non-hydrogen) atoms. The first-order valence-electron chi connectivity index (χ1n) is 10.6. The number of aromatic nitrogens is 4. The van der Waals surface area contributed by atoms with Gasteiger partial charge in [-0.05, 0) is 19.4 Å². The van der Waals surface area contributed by atoms with Crippen molar-refractivity contribution >= 4 is 23.5 Å². The van der Waals surface area contributed by atoms with Gasteiger partial charge in [0.1, 0.15) is 11.6 Å². The first-order chi connectivity index (χ1) is 17.6. The van der Waals surface area contributed by atoms with Gasteiger partial charge >= 0.3 is 13.2 Å². The molecule has 1 aliphatic rings. The molecule has 0 spiro atoms. The number of allylic oxidation sites excluding steroid dienone is 1. The number of nitrogens with zero attached hydrogens (tertiary/aromatic N) is 5. The molecule has 10 nitrogen and oxygen atoms in total. The van der Waals surface area contributed by atoms with Crippen molar-refractivity contribution < 1.29 is 36.5 Å². The van der Waals surface area contributed by atoms with Crippen molar-refractivity contribution in [3.63, 3.8) is 0 Å². The molecule has 4 N–H and O–H groups in total. The van der Waals surface area contributed by atoms with Crippen molar-refractivity contribution in [1.82, 2.24) is 19.6 Å². The Kier molecular flexibility index (Phi) is 6.75. The number of carbonyl (C=O) groups excluding carboxylic acids is 1. The maximum Gasteiger partial charge on any atom is 0.444 e. The average Bonchev–Trinajstić information content (AvgIpc) is 3.36. The minimum Gasteiger partial charge on any atom is -0.415 e. The minimum atomic E-state index is -3.20. The molecule has 2 atom stereocenters. The summed E-state index contributed by atoms with van der Waals surface area (Å²) in [5.74, 6) is -3.03. The Morgan fingerprint density at radius 2 is 2.11 bits per heavy atom. The number of ether oxygens (including phenoxy) is 1. The third kappa shape index (κ3) is 4.77. The molecule has 0 saturated carbocycles. The number of rotatable bonds is 7. The van der Waals surface area contributed by atoms with E-state index in [9.17, 15) is 32.0 Å². The fourth-order valence-electron chi connectivity index (χ4n) is 4.38. The molecule has 192 valence electrons. The zero-order valence-electron chi connectivity index (χ0n) is 18.9. The van der Waals surface area contributed by atoms with E-state index in [1.54, 1.807) is 13.0 Å². The summed E-state index contributed by atoms with van der Waals surface area (Å²) in [4.78, 5) is 23.0.